The van der Waals surface area contributed by atoms with Crippen molar-refractivity contribution in [2.24, 2.45) is 0 Å². The van der Waals surface area contributed by atoms with Crippen molar-refractivity contribution < 1.29 is 66.5 Å². The highest BCUT2D eigenvalue weighted by atomic mass is 127. The molecule has 1 rings (SSSR count). The fraction of sp³-hybridized carbons (Fsp3) is 0.792. The average Bonchev–Trinajstić information content (AvgIpc) is 2.72. The fourth-order valence-corrected chi connectivity index (χ4v) is 3.26. The second-order valence-corrected chi connectivity index (χ2v) is 8.78. The van der Waals surface area contributed by atoms with Crippen LogP contribution in [-0.4, -0.2) is 87.4 Å². The highest BCUT2D eigenvalue weighted by Crippen LogP contribution is 2.26. The van der Waals surface area contributed by atoms with E-state index in [9.17, 15) is 14.4 Å². The molecule has 1 aliphatic heterocycles. The number of hydrogen-bond acceptors (Lipinski definition) is 8. The van der Waals surface area contributed by atoms with Gasteiger partial charge in [-0.05, 0) is 25.2 Å². The minimum absolute atomic E-state index is 0. The predicted octanol–water partition coefficient (Wildman–Crippen LogP) is -0.791. The minimum Gasteiger partial charge on any atom is -1.00 e. The molecule has 0 bridgehead atoms. The first kappa shape index (κ1) is 32.6. The van der Waals surface area contributed by atoms with E-state index in [4.69, 9.17) is 30.1 Å². The first-order chi connectivity index (χ1) is 15.7. The van der Waals surface area contributed by atoms with Crippen LogP contribution in [0.15, 0.2) is 0 Å². The third-order valence-electron chi connectivity index (χ3n) is 5.06. The van der Waals surface area contributed by atoms with Gasteiger partial charge in [0.25, 0.3) is 0 Å². The molecule has 34 heavy (non-hydrogen) atoms. The van der Waals surface area contributed by atoms with Crippen LogP contribution in [0.4, 0.5) is 0 Å². The Balaban J connectivity index is 0.0000109. The van der Waals surface area contributed by atoms with Gasteiger partial charge in [0.2, 0.25) is 0 Å². The molecule has 1 unspecified atom stereocenters. The third kappa shape index (κ3) is 11.8. The molecule has 1 aliphatic rings. The predicted molar refractivity (Wildman–Crippen MR) is 121 cm³/mol. The molecule has 0 amide bonds. The number of likely N-dealkylation sites (N-methyl/N-ethyl adjacent to an activating group) is 1. The van der Waals surface area contributed by atoms with Crippen molar-refractivity contribution in [2.45, 2.75) is 83.9 Å². The van der Waals surface area contributed by atoms with E-state index in [-0.39, 0.29) is 56.5 Å². The van der Waals surface area contributed by atoms with Crippen molar-refractivity contribution in [1.82, 2.24) is 0 Å². The lowest BCUT2D eigenvalue weighted by molar-refractivity contribution is -0.883. The molecule has 9 nitrogen and oxygen atoms in total. The summed E-state index contributed by atoms with van der Waals surface area (Å²) in [4.78, 5) is 36.8. The van der Waals surface area contributed by atoms with Gasteiger partial charge in [-0.3, -0.25) is 14.4 Å². The van der Waals surface area contributed by atoms with Gasteiger partial charge in [0.1, 0.15) is 13.1 Å². The number of ether oxygens (including phenoxy) is 5. The maximum Gasteiger partial charge on any atom is 0.306 e. The van der Waals surface area contributed by atoms with Crippen molar-refractivity contribution in [2.75, 3.05) is 40.4 Å². The molecule has 0 radical (unpaired) electrons. The van der Waals surface area contributed by atoms with Gasteiger partial charge in [0.15, 0.2) is 24.6 Å². The molecule has 0 aromatic carbocycles. The number of nitrogens with zero attached hydrogens (tertiary/aromatic N) is 1. The minimum atomic E-state index is -1.07. The molecule has 1 saturated heterocycles. The summed E-state index contributed by atoms with van der Waals surface area (Å²) in [5.41, 5.74) is 0. The van der Waals surface area contributed by atoms with Gasteiger partial charge in [-0.1, -0.05) is 20.8 Å². The highest BCUT2D eigenvalue weighted by Gasteiger charge is 2.48. The van der Waals surface area contributed by atoms with Crippen molar-refractivity contribution in [3.05, 3.63) is 0 Å². The maximum absolute atomic E-state index is 12.4. The van der Waals surface area contributed by atoms with Gasteiger partial charge in [-0.15, -0.1) is 6.42 Å². The van der Waals surface area contributed by atoms with Gasteiger partial charge in [0.05, 0.1) is 27.3 Å². The third-order valence-corrected chi connectivity index (χ3v) is 5.06. The number of halogens is 1. The van der Waals surface area contributed by atoms with Crippen LogP contribution in [0.3, 0.4) is 0 Å². The number of carbonyl (C=O) groups excluding carboxylic acids is 3. The summed E-state index contributed by atoms with van der Waals surface area (Å²) in [6.45, 7) is 6.91. The zero-order valence-electron chi connectivity index (χ0n) is 21.0. The van der Waals surface area contributed by atoms with Crippen LogP contribution >= 0.6 is 0 Å². The Labute approximate surface area is 220 Å². The number of rotatable bonds is 14. The molecule has 1 heterocycles. The molecule has 196 valence electrons. The van der Waals surface area contributed by atoms with E-state index >= 15 is 0 Å². The van der Waals surface area contributed by atoms with Crippen molar-refractivity contribution >= 4 is 17.9 Å². The molecular formula is C24H40INO8. The topological polar surface area (TPSA) is 97.4 Å². The van der Waals surface area contributed by atoms with E-state index in [0.717, 1.165) is 0 Å². The summed E-state index contributed by atoms with van der Waals surface area (Å²) >= 11 is 0. The molecule has 0 spiro atoms. The average molecular weight is 597 g/mol. The largest absolute Gasteiger partial charge is 1.00 e. The van der Waals surface area contributed by atoms with E-state index in [0.29, 0.717) is 36.8 Å². The van der Waals surface area contributed by atoms with Crippen LogP contribution in [0.2, 0.25) is 0 Å². The van der Waals surface area contributed by atoms with Crippen LogP contribution in [-0.2, 0) is 38.1 Å². The Morgan fingerprint density at radius 2 is 1.41 bits per heavy atom. The Kier molecular flexibility index (Phi) is 16.4. The Hall–Kier alpha value is -1.42. The molecule has 0 aliphatic carbocycles. The molecule has 4 atom stereocenters. The summed E-state index contributed by atoms with van der Waals surface area (Å²) in [5.74, 6) is 1.25. The van der Waals surface area contributed by atoms with Gasteiger partial charge >= 0.3 is 17.9 Å². The van der Waals surface area contributed by atoms with E-state index < -0.39 is 42.5 Å². The first-order valence-corrected chi connectivity index (χ1v) is 11.7. The number of carbonyl (C=O) groups is 3. The number of terminal acetylenes is 1. The lowest BCUT2D eigenvalue weighted by atomic mass is 10.0. The molecule has 0 aromatic rings. The van der Waals surface area contributed by atoms with Crippen LogP contribution < -0.4 is 24.0 Å². The molecule has 1 fully saturated rings. The summed E-state index contributed by atoms with van der Waals surface area (Å²) in [5, 5.41) is 0. The van der Waals surface area contributed by atoms with Gasteiger partial charge in [-0.2, -0.15) is 0 Å². The second kappa shape index (κ2) is 17.1. The van der Waals surface area contributed by atoms with E-state index in [1.807, 2.05) is 34.9 Å². The number of hydrogen-bond donors (Lipinski definition) is 0. The molecular weight excluding hydrogens is 557 g/mol. The van der Waals surface area contributed by atoms with Crippen LogP contribution in [0.5, 0.6) is 0 Å². The molecule has 0 saturated carbocycles. The zero-order valence-corrected chi connectivity index (χ0v) is 23.2. The fourth-order valence-electron chi connectivity index (χ4n) is 3.26. The lowest BCUT2D eigenvalue weighted by Crippen LogP contribution is -3.00. The second-order valence-electron chi connectivity index (χ2n) is 8.78. The monoisotopic (exact) mass is 597 g/mol. The molecule has 10 heteroatoms. The van der Waals surface area contributed by atoms with Crippen molar-refractivity contribution in [3.8, 4) is 12.3 Å². The van der Waals surface area contributed by atoms with Crippen LogP contribution in [0, 0.1) is 12.3 Å². The summed E-state index contributed by atoms with van der Waals surface area (Å²) in [7, 11) is 3.95. The SMILES string of the molecule is C#CC[N+](C)(C)CCOC1OC[C@@H](OC(=O)CCC)[C@H](OC(=O)CCC)[C@H]1OC(=O)CCC.[I-]. The molecule has 0 aromatic heterocycles. The maximum atomic E-state index is 12.4. The number of quaternary nitrogens is 1. The van der Waals surface area contributed by atoms with Crippen molar-refractivity contribution in [1.29, 1.82) is 0 Å². The summed E-state index contributed by atoms with van der Waals surface area (Å²) < 4.78 is 29.1. The van der Waals surface area contributed by atoms with Gasteiger partial charge < -0.3 is 52.1 Å². The smallest absolute Gasteiger partial charge is 0.306 e. The standard InChI is InChI=1S/C24H40NO8.HI/c1-7-11-19(26)31-18-17-30-24(29-16-15-25(5,6)14-10-4)23(33-21(28)13-9-3)22(18)32-20(27)12-8-2;/h4,18,22-24H,7-9,11-17H2,1-3,5-6H3;1H/q+1;/p-1/t18-,22+,23-,24?;/m1./s1. The first-order valence-electron chi connectivity index (χ1n) is 11.7. The Bertz CT molecular complexity index is 678. The van der Waals surface area contributed by atoms with Crippen LogP contribution in [0.1, 0.15) is 59.3 Å². The van der Waals surface area contributed by atoms with Crippen LogP contribution in [0.25, 0.3) is 0 Å². The van der Waals surface area contributed by atoms with Crippen molar-refractivity contribution in [3.63, 3.8) is 0 Å². The van der Waals surface area contributed by atoms with Gasteiger partial charge in [-0.25, -0.2) is 0 Å². The number of esters is 3. The Morgan fingerprint density at radius 3 is 1.91 bits per heavy atom. The Morgan fingerprint density at radius 1 is 0.912 bits per heavy atom. The van der Waals surface area contributed by atoms with E-state index in [1.54, 1.807) is 0 Å². The zero-order chi connectivity index (χ0) is 24.9. The van der Waals surface area contributed by atoms with Gasteiger partial charge in [0, 0.05) is 19.3 Å². The quantitative estimate of drug-likeness (QED) is 0.0846. The highest BCUT2D eigenvalue weighted by molar-refractivity contribution is 5.71. The summed E-state index contributed by atoms with van der Waals surface area (Å²) in [6.07, 6.45) is 3.82. The van der Waals surface area contributed by atoms with E-state index in [2.05, 4.69) is 5.92 Å². The lowest BCUT2D eigenvalue weighted by Gasteiger charge is -2.40. The van der Waals surface area contributed by atoms with E-state index in [1.165, 1.54) is 0 Å². The molecule has 0 N–H and O–H groups in total. The summed E-state index contributed by atoms with van der Waals surface area (Å²) in [6, 6.07) is 0. The normalized spacial score (nSPS) is 22.1.